The van der Waals surface area contributed by atoms with Gasteiger partial charge < -0.3 is 5.11 Å². The number of aliphatic carboxylic acids is 1. The summed E-state index contributed by atoms with van der Waals surface area (Å²) in [4.78, 5) is 10.8. The molecule has 0 amide bonds. The van der Waals surface area contributed by atoms with E-state index in [9.17, 15) is 4.79 Å². The minimum atomic E-state index is -0.855. The van der Waals surface area contributed by atoms with Crippen LogP contribution in [-0.2, 0) is 10.2 Å². The number of hydrogen-bond acceptors (Lipinski definition) is 1. The lowest BCUT2D eigenvalue weighted by Gasteiger charge is -2.28. The topological polar surface area (TPSA) is 37.3 Å². The van der Waals surface area contributed by atoms with Crippen LogP contribution in [0.15, 0.2) is 54.1 Å². The van der Waals surface area contributed by atoms with Gasteiger partial charge in [-0.1, -0.05) is 55.5 Å². The van der Waals surface area contributed by atoms with E-state index < -0.39 is 5.97 Å². The van der Waals surface area contributed by atoms with Crippen molar-refractivity contribution in [2.45, 2.75) is 18.8 Å². The lowest BCUT2D eigenvalue weighted by Crippen LogP contribution is -2.21. The van der Waals surface area contributed by atoms with Crippen molar-refractivity contribution in [2.24, 2.45) is 0 Å². The maximum absolute atomic E-state index is 10.8. The van der Waals surface area contributed by atoms with Gasteiger partial charge in [0.25, 0.3) is 0 Å². The Morgan fingerprint density at radius 3 is 2.50 bits per heavy atom. The highest BCUT2D eigenvalue weighted by Gasteiger charge is 2.25. The zero-order valence-corrected chi connectivity index (χ0v) is 9.18. The highest BCUT2D eigenvalue weighted by atomic mass is 16.4. The first-order valence-electron chi connectivity index (χ1n) is 5.30. The number of allylic oxidation sites excluding steroid dienone is 2. The van der Waals surface area contributed by atoms with Crippen LogP contribution in [0, 0.1) is 0 Å². The number of rotatable bonds is 2. The number of hydrogen-bond donors (Lipinski definition) is 1. The molecule has 2 heteroatoms. The Balaban J connectivity index is 2.27. The van der Waals surface area contributed by atoms with Crippen molar-refractivity contribution in [1.82, 2.24) is 0 Å². The number of carboxylic acids is 1. The Hall–Kier alpha value is -1.83. The Kier molecular flexibility index (Phi) is 2.65. The minimum absolute atomic E-state index is 0.0831. The molecule has 1 aliphatic rings. The smallest absolute Gasteiger partial charge is 0.335 e. The zero-order valence-electron chi connectivity index (χ0n) is 9.18. The molecular weight excluding hydrogens is 200 g/mol. The molecule has 16 heavy (non-hydrogen) atoms. The molecule has 0 radical (unpaired) electrons. The molecule has 1 aromatic rings. The van der Waals surface area contributed by atoms with Gasteiger partial charge in [0.1, 0.15) is 0 Å². The van der Waals surface area contributed by atoms with Crippen molar-refractivity contribution in [3.8, 4) is 0 Å². The van der Waals surface area contributed by atoms with E-state index in [4.69, 9.17) is 5.11 Å². The van der Waals surface area contributed by atoms with E-state index >= 15 is 0 Å². The monoisotopic (exact) mass is 214 g/mol. The van der Waals surface area contributed by atoms with Gasteiger partial charge in [-0.25, -0.2) is 4.79 Å². The molecule has 1 aliphatic carbocycles. The maximum Gasteiger partial charge on any atom is 0.335 e. The molecule has 1 aromatic carbocycles. The Morgan fingerprint density at radius 2 is 2.00 bits per heavy atom. The second-order valence-electron chi connectivity index (χ2n) is 4.29. The van der Waals surface area contributed by atoms with Crippen molar-refractivity contribution < 1.29 is 9.90 Å². The van der Waals surface area contributed by atoms with Gasteiger partial charge in [-0.15, -0.1) is 0 Å². The summed E-state index contributed by atoms with van der Waals surface area (Å²) in [5.41, 5.74) is 1.51. The third-order valence-corrected chi connectivity index (χ3v) is 3.06. The van der Waals surface area contributed by atoms with E-state index in [1.807, 2.05) is 24.3 Å². The average molecular weight is 214 g/mol. The van der Waals surface area contributed by atoms with Crippen LogP contribution in [0.5, 0.6) is 0 Å². The molecule has 0 aromatic heterocycles. The van der Waals surface area contributed by atoms with E-state index in [1.54, 1.807) is 12.2 Å². The van der Waals surface area contributed by atoms with Gasteiger partial charge in [-0.2, -0.15) is 0 Å². The molecule has 0 spiro atoms. The lowest BCUT2D eigenvalue weighted by atomic mass is 9.76. The third kappa shape index (κ3) is 1.91. The molecule has 82 valence electrons. The van der Waals surface area contributed by atoms with Crippen molar-refractivity contribution >= 4 is 5.97 Å². The van der Waals surface area contributed by atoms with Crippen LogP contribution < -0.4 is 0 Å². The summed E-state index contributed by atoms with van der Waals surface area (Å²) in [6.07, 6.45) is 6.19. The van der Waals surface area contributed by atoms with E-state index in [0.29, 0.717) is 5.57 Å². The molecule has 0 saturated heterocycles. The van der Waals surface area contributed by atoms with Crippen LogP contribution in [0.2, 0.25) is 0 Å². The van der Waals surface area contributed by atoms with Gasteiger partial charge in [0.05, 0.1) is 5.57 Å². The standard InChI is InChI=1S/C14H14O2/c1-14(12-5-3-2-4-6-12)9-7-11(8-10-14)13(15)16/h2-9H,10H2,1H3,(H,15,16). The first-order valence-corrected chi connectivity index (χ1v) is 5.30. The van der Waals surface area contributed by atoms with E-state index in [1.165, 1.54) is 5.56 Å². The third-order valence-electron chi connectivity index (χ3n) is 3.06. The highest BCUT2D eigenvalue weighted by molar-refractivity contribution is 5.90. The summed E-state index contributed by atoms with van der Waals surface area (Å²) in [6.45, 7) is 2.12. The van der Waals surface area contributed by atoms with Gasteiger partial charge in [0, 0.05) is 5.41 Å². The number of benzene rings is 1. The molecule has 1 N–H and O–H groups in total. The van der Waals surface area contributed by atoms with E-state index in [-0.39, 0.29) is 5.41 Å². The fourth-order valence-electron chi connectivity index (χ4n) is 1.92. The molecular formula is C14H14O2. The summed E-state index contributed by atoms with van der Waals surface area (Å²) in [5.74, 6) is -0.855. The SMILES string of the molecule is CC1(c2ccccc2)C=CC(C(=O)O)=CC1. The lowest BCUT2D eigenvalue weighted by molar-refractivity contribution is -0.132. The van der Waals surface area contributed by atoms with Gasteiger partial charge >= 0.3 is 5.97 Å². The molecule has 0 bridgehead atoms. The fourth-order valence-corrected chi connectivity index (χ4v) is 1.92. The quantitative estimate of drug-likeness (QED) is 0.821. The summed E-state index contributed by atoms with van der Waals surface area (Å²) >= 11 is 0. The Labute approximate surface area is 94.9 Å². The number of carboxylic acid groups (broad SMARTS) is 1. The predicted molar refractivity (Wildman–Crippen MR) is 63.3 cm³/mol. The van der Waals surface area contributed by atoms with Gasteiger partial charge in [0.15, 0.2) is 0 Å². The van der Waals surface area contributed by atoms with Crippen LogP contribution in [0.1, 0.15) is 18.9 Å². The summed E-state index contributed by atoms with van der Waals surface area (Å²) in [7, 11) is 0. The van der Waals surface area contributed by atoms with Gasteiger partial charge in [0.2, 0.25) is 0 Å². The molecule has 2 rings (SSSR count). The second-order valence-corrected chi connectivity index (χ2v) is 4.29. The molecule has 0 aliphatic heterocycles. The summed E-state index contributed by atoms with van der Waals surface area (Å²) in [6, 6.07) is 10.1. The molecule has 0 fully saturated rings. The van der Waals surface area contributed by atoms with Crippen LogP contribution in [0.3, 0.4) is 0 Å². The molecule has 0 saturated carbocycles. The Morgan fingerprint density at radius 1 is 1.31 bits per heavy atom. The fraction of sp³-hybridized carbons (Fsp3) is 0.214. The molecule has 0 heterocycles. The van der Waals surface area contributed by atoms with Crippen molar-refractivity contribution in [1.29, 1.82) is 0 Å². The van der Waals surface area contributed by atoms with Crippen LogP contribution >= 0.6 is 0 Å². The second kappa shape index (κ2) is 3.97. The van der Waals surface area contributed by atoms with Crippen molar-refractivity contribution in [3.63, 3.8) is 0 Å². The highest BCUT2D eigenvalue weighted by Crippen LogP contribution is 2.33. The minimum Gasteiger partial charge on any atom is -0.478 e. The summed E-state index contributed by atoms with van der Waals surface area (Å²) < 4.78 is 0. The van der Waals surface area contributed by atoms with E-state index in [0.717, 1.165) is 6.42 Å². The average Bonchev–Trinajstić information content (AvgIpc) is 2.31. The first kappa shape index (κ1) is 10.7. The molecule has 1 atom stereocenters. The molecule has 2 nitrogen and oxygen atoms in total. The van der Waals surface area contributed by atoms with Crippen molar-refractivity contribution in [2.75, 3.05) is 0 Å². The maximum atomic E-state index is 10.8. The van der Waals surface area contributed by atoms with E-state index in [2.05, 4.69) is 19.1 Å². The van der Waals surface area contributed by atoms with Gasteiger partial charge in [-0.05, 0) is 12.0 Å². The largest absolute Gasteiger partial charge is 0.478 e. The first-order chi connectivity index (χ1) is 7.62. The van der Waals surface area contributed by atoms with Crippen LogP contribution in [0.4, 0.5) is 0 Å². The molecule has 1 unspecified atom stereocenters. The Bertz CT molecular complexity index is 457. The van der Waals surface area contributed by atoms with Crippen LogP contribution in [-0.4, -0.2) is 11.1 Å². The number of carbonyl (C=O) groups is 1. The normalized spacial score (nSPS) is 23.9. The summed E-state index contributed by atoms with van der Waals surface area (Å²) in [5, 5.41) is 8.86. The van der Waals surface area contributed by atoms with Crippen LogP contribution in [0.25, 0.3) is 0 Å². The zero-order chi connectivity index (χ0) is 11.6. The predicted octanol–water partition coefficient (Wildman–Crippen LogP) is 2.92. The van der Waals surface area contributed by atoms with Gasteiger partial charge in [-0.3, -0.25) is 0 Å². The van der Waals surface area contributed by atoms with Crippen molar-refractivity contribution in [3.05, 3.63) is 59.7 Å².